The monoisotopic (exact) mass is 213 g/mol. The maximum atomic E-state index is 11.6. The van der Waals surface area contributed by atoms with Gasteiger partial charge in [-0.05, 0) is 20.8 Å². The van der Waals surface area contributed by atoms with Crippen LogP contribution in [0.25, 0.3) is 0 Å². The zero-order chi connectivity index (χ0) is 11.6. The van der Waals surface area contributed by atoms with Crippen LogP contribution in [0.3, 0.4) is 0 Å². The Balaban J connectivity index is 2.91. The van der Waals surface area contributed by atoms with Crippen LogP contribution in [0.2, 0.25) is 0 Å². The van der Waals surface area contributed by atoms with Crippen molar-refractivity contribution in [3.8, 4) is 0 Å². The largest absolute Gasteiger partial charge is 0.442 e. The highest BCUT2D eigenvalue weighted by Crippen LogP contribution is 2.12. The molecule has 1 heterocycles. The maximum Gasteiger partial charge on any atom is 0.435 e. The number of aliphatic hydroxyl groups excluding tert-OH is 1. The molecule has 0 saturated carbocycles. The van der Waals surface area contributed by atoms with E-state index in [0.29, 0.717) is 5.69 Å². The van der Waals surface area contributed by atoms with E-state index in [0.717, 1.165) is 4.68 Å². The van der Waals surface area contributed by atoms with Gasteiger partial charge in [0.15, 0.2) is 0 Å². The third-order valence-corrected chi connectivity index (χ3v) is 1.53. The lowest BCUT2D eigenvalue weighted by Crippen LogP contribution is -2.28. The predicted octanol–water partition coefficient (Wildman–Crippen LogP) is 0.741. The molecule has 3 N–H and O–H groups in total. The van der Waals surface area contributed by atoms with Crippen LogP contribution in [0, 0.1) is 0 Å². The van der Waals surface area contributed by atoms with E-state index >= 15 is 0 Å². The summed E-state index contributed by atoms with van der Waals surface area (Å²) >= 11 is 0. The summed E-state index contributed by atoms with van der Waals surface area (Å²) in [7, 11) is 0. The summed E-state index contributed by atoms with van der Waals surface area (Å²) in [5.74, 6) is 0.171. The van der Waals surface area contributed by atoms with Gasteiger partial charge in [-0.3, -0.25) is 0 Å². The molecule has 0 bridgehead atoms. The molecule has 0 amide bonds. The van der Waals surface area contributed by atoms with Gasteiger partial charge in [0.25, 0.3) is 0 Å². The number of nitrogen functional groups attached to an aromatic ring is 1. The minimum atomic E-state index is -0.650. The van der Waals surface area contributed by atoms with Crippen molar-refractivity contribution in [1.82, 2.24) is 9.78 Å². The van der Waals surface area contributed by atoms with Crippen LogP contribution in [0.4, 0.5) is 10.6 Å². The number of aromatic nitrogens is 2. The van der Waals surface area contributed by atoms with Crippen molar-refractivity contribution in [3.63, 3.8) is 0 Å². The van der Waals surface area contributed by atoms with Crippen molar-refractivity contribution in [3.05, 3.63) is 11.8 Å². The summed E-state index contributed by atoms with van der Waals surface area (Å²) in [5.41, 5.74) is 5.11. The molecule has 0 spiro atoms. The average Bonchev–Trinajstić information content (AvgIpc) is 2.43. The predicted molar refractivity (Wildman–Crippen MR) is 54.2 cm³/mol. The molecule has 6 heteroatoms. The lowest BCUT2D eigenvalue weighted by Gasteiger charge is -2.19. The summed E-state index contributed by atoms with van der Waals surface area (Å²) in [4.78, 5) is 11.6. The SMILES string of the molecule is CC(C)(C)OC(=O)n1nc(N)cc1CO. The molecule has 1 rings (SSSR count). The highest BCUT2D eigenvalue weighted by atomic mass is 16.6. The molecule has 15 heavy (non-hydrogen) atoms. The van der Waals surface area contributed by atoms with Crippen LogP contribution in [0.5, 0.6) is 0 Å². The van der Waals surface area contributed by atoms with Crippen molar-refractivity contribution in [2.45, 2.75) is 33.0 Å². The fraction of sp³-hybridized carbons (Fsp3) is 0.556. The van der Waals surface area contributed by atoms with Gasteiger partial charge in [-0.15, -0.1) is 5.10 Å². The Morgan fingerprint density at radius 3 is 2.73 bits per heavy atom. The molecule has 1 aromatic heterocycles. The minimum absolute atomic E-state index is 0.171. The number of hydrogen-bond donors (Lipinski definition) is 2. The molecule has 0 aliphatic heterocycles. The van der Waals surface area contributed by atoms with Crippen LogP contribution in [-0.2, 0) is 11.3 Å². The normalized spacial score (nSPS) is 11.5. The standard InChI is InChI=1S/C9H15N3O3/c1-9(2,3)15-8(14)12-6(5-13)4-7(10)11-12/h4,13H,5H2,1-3H3,(H2,10,11). The molecule has 84 valence electrons. The fourth-order valence-electron chi connectivity index (χ4n) is 1.02. The second-order valence-electron chi connectivity index (χ2n) is 4.11. The Morgan fingerprint density at radius 2 is 2.27 bits per heavy atom. The van der Waals surface area contributed by atoms with Gasteiger partial charge in [-0.2, -0.15) is 4.68 Å². The summed E-state index contributed by atoms with van der Waals surface area (Å²) in [5, 5.41) is 12.7. The second-order valence-corrected chi connectivity index (χ2v) is 4.11. The highest BCUT2D eigenvalue weighted by Gasteiger charge is 2.20. The molecule has 0 atom stereocenters. The Bertz CT molecular complexity index is 365. The third-order valence-electron chi connectivity index (χ3n) is 1.53. The summed E-state index contributed by atoms with van der Waals surface area (Å²) in [6, 6.07) is 1.42. The number of rotatable bonds is 1. The Morgan fingerprint density at radius 1 is 1.67 bits per heavy atom. The number of nitrogens with two attached hydrogens (primary N) is 1. The fourth-order valence-corrected chi connectivity index (χ4v) is 1.02. The molecule has 1 aromatic rings. The Kier molecular flexibility index (Phi) is 2.99. The minimum Gasteiger partial charge on any atom is -0.442 e. The molecular weight excluding hydrogens is 198 g/mol. The zero-order valence-electron chi connectivity index (χ0n) is 9.02. The van der Waals surface area contributed by atoms with Crippen LogP contribution >= 0.6 is 0 Å². The van der Waals surface area contributed by atoms with E-state index in [1.165, 1.54) is 6.07 Å². The molecule has 6 nitrogen and oxygen atoms in total. The first-order chi connectivity index (χ1) is 6.83. The lowest BCUT2D eigenvalue weighted by atomic mass is 10.2. The lowest BCUT2D eigenvalue weighted by molar-refractivity contribution is 0.0502. The number of carbonyl (C=O) groups is 1. The van der Waals surface area contributed by atoms with Gasteiger partial charge in [0.1, 0.15) is 11.4 Å². The number of anilines is 1. The van der Waals surface area contributed by atoms with Crippen molar-refractivity contribution >= 4 is 11.9 Å². The van der Waals surface area contributed by atoms with Crippen molar-refractivity contribution in [1.29, 1.82) is 0 Å². The molecule has 0 radical (unpaired) electrons. The van der Waals surface area contributed by atoms with Crippen LogP contribution in [0.1, 0.15) is 26.5 Å². The van der Waals surface area contributed by atoms with Crippen molar-refractivity contribution in [2.24, 2.45) is 0 Å². The van der Waals surface area contributed by atoms with Crippen LogP contribution < -0.4 is 5.73 Å². The maximum absolute atomic E-state index is 11.6. The topological polar surface area (TPSA) is 90.4 Å². The first-order valence-corrected chi connectivity index (χ1v) is 4.52. The zero-order valence-corrected chi connectivity index (χ0v) is 9.02. The van der Waals surface area contributed by atoms with Gasteiger partial charge in [0.05, 0.1) is 12.3 Å². The third kappa shape index (κ3) is 2.95. The molecule has 0 aliphatic carbocycles. The van der Waals surface area contributed by atoms with Gasteiger partial charge >= 0.3 is 6.09 Å². The number of ether oxygens (including phenoxy) is 1. The molecule has 0 fully saturated rings. The quantitative estimate of drug-likeness (QED) is 0.718. The van der Waals surface area contributed by atoms with E-state index in [9.17, 15) is 4.79 Å². The molecule has 0 saturated heterocycles. The number of hydrogen-bond acceptors (Lipinski definition) is 5. The number of carbonyl (C=O) groups excluding carboxylic acids is 1. The number of nitrogens with zero attached hydrogens (tertiary/aromatic N) is 2. The van der Waals surface area contributed by atoms with Crippen molar-refractivity contribution < 1.29 is 14.6 Å². The van der Waals surface area contributed by atoms with E-state index in [1.807, 2.05) is 0 Å². The van der Waals surface area contributed by atoms with Gasteiger partial charge in [0.2, 0.25) is 0 Å². The van der Waals surface area contributed by atoms with E-state index in [4.69, 9.17) is 15.6 Å². The smallest absolute Gasteiger partial charge is 0.435 e. The highest BCUT2D eigenvalue weighted by molar-refractivity contribution is 5.71. The Hall–Kier alpha value is -1.56. The molecular formula is C9H15N3O3. The van der Waals surface area contributed by atoms with Gasteiger partial charge in [-0.1, -0.05) is 0 Å². The van der Waals surface area contributed by atoms with E-state index in [-0.39, 0.29) is 12.4 Å². The van der Waals surface area contributed by atoms with Crippen molar-refractivity contribution in [2.75, 3.05) is 5.73 Å². The van der Waals surface area contributed by atoms with E-state index in [2.05, 4.69) is 5.10 Å². The van der Waals surface area contributed by atoms with Gasteiger partial charge in [0, 0.05) is 6.07 Å². The molecule has 0 unspecified atom stereocenters. The molecule has 0 aliphatic rings. The van der Waals surface area contributed by atoms with E-state index < -0.39 is 11.7 Å². The summed E-state index contributed by atoms with van der Waals surface area (Å²) in [6.07, 6.45) is -0.650. The van der Waals surface area contributed by atoms with Crippen LogP contribution in [-0.4, -0.2) is 26.6 Å². The van der Waals surface area contributed by atoms with Gasteiger partial charge < -0.3 is 15.6 Å². The average molecular weight is 213 g/mol. The first kappa shape index (κ1) is 11.5. The number of aliphatic hydroxyl groups is 1. The first-order valence-electron chi connectivity index (χ1n) is 4.52. The second kappa shape index (κ2) is 3.90. The molecule has 0 aromatic carbocycles. The van der Waals surface area contributed by atoms with E-state index in [1.54, 1.807) is 20.8 Å². The van der Waals surface area contributed by atoms with Crippen LogP contribution in [0.15, 0.2) is 6.07 Å². The Labute approximate surface area is 87.6 Å². The van der Waals surface area contributed by atoms with Gasteiger partial charge in [-0.25, -0.2) is 4.79 Å². The summed E-state index contributed by atoms with van der Waals surface area (Å²) in [6.45, 7) is 4.92. The summed E-state index contributed by atoms with van der Waals surface area (Å²) < 4.78 is 6.03.